The smallest absolute Gasteiger partial charge is 0.244 e. The predicted molar refractivity (Wildman–Crippen MR) is 102 cm³/mol. The number of rotatable bonds is 5. The fourth-order valence-electron chi connectivity index (χ4n) is 2.98. The summed E-state index contributed by atoms with van der Waals surface area (Å²) in [5.74, 6) is 0.592. The van der Waals surface area contributed by atoms with Crippen LogP contribution in [0.1, 0.15) is 16.8 Å². The molecule has 0 radical (unpaired) electrons. The minimum Gasteiger partial charge on any atom is -0.350 e. The number of pyridine rings is 1. The summed E-state index contributed by atoms with van der Waals surface area (Å²) < 4.78 is 14.6. The monoisotopic (exact) mass is 382 g/mol. The van der Waals surface area contributed by atoms with Crippen molar-refractivity contribution >= 4 is 23.4 Å². The Hall–Kier alpha value is -3.56. The van der Waals surface area contributed by atoms with Gasteiger partial charge in [0.1, 0.15) is 5.69 Å². The van der Waals surface area contributed by atoms with Crippen LogP contribution in [0.2, 0.25) is 0 Å². The lowest BCUT2D eigenvalue weighted by Crippen LogP contribution is -2.36. The average Bonchev–Trinajstić information content (AvgIpc) is 3.10. The second-order valence-electron chi connectivity index (χ2n) is 6.62. The number of amides is 1. The van der Waals surface area contributed by atoms with Crippen molar-refractivity contribution in [2.24, 2.45) is 0 Å². The second-order valence-corrected chi connectivity index (χ2v) is 6.62. The van der Waals surface area contributed by atoms with Crippen molar-refractivity contribution in [3.05, 3.63) is 53.5 Å². The van der Waals surface area contributed by atoms with E-state index in [4.69, 9.17) is 0 Å². The van der Waals surface area contributed by atoms with Crippen LogP contribution in [0.5, 0.6) is 0 Å². The zero-order valence-corrected chi connectivity index (χ0v) is 15.5. The summed E-state index contributed by atoms with van der Waals surface area (Å²) in [5.41, 5.74) is 3.16. The number of anilines is 3. The van der Waals surface area contributed by atoms with Crippen LogP contribution in [-0.4, -0.2) is 44.2 Å². The first kappa shape index (κ1) is 17.8. The van der Waals surface area contributed by atoms with Gasteiger partial charge in [-0.25, -0.2) is 9.97 Å². The minimum atomic E-state index is -0.500. The molecule has 0 unspecified atom stereocenters. The lowest BCUT2D eigenvalue weighted by Gasteiger charge is -2.27. The SMILES string of the molecule is Cc1nc(NCc2cnn(Cc3ccc(F)nc3)c2)nc2c1NC(=O)CN2C. The Morgan fingerprint density at radius 3 is 2.89 bits per heavy atom. The number of aryl methyl sites for hydroxylation is 1. The Bertz CT molecular complexity index is 1020. The fraction of sp³-hybridized carbons (Fsp3) is 0.278. The number of carbonyl (C=O) groups excluding carboxylic acids is 1. The van der Waals surface area contributed by atoms with E-state index in [9.17, 15) is 9.18 Å². The van der Waals surface area contributed by atoms with E-state index in [1.165, 1.54) is 12.3 Å². The summed E-state index contributed by atoms with van der Waals surface area (Å²) in [5, 5.41) is 10.3. The molecule has 144 valence electrons. The third kappa shape index (κ3) is 3.75. The molecule has 0 atom stereocenters. The van der Waals surface area contributed by atoms with Gasteiger partial charge in [-0.15, -0.1) is 0 Å². The van der Waals surface area contributed by atoms with Gasteiger partial charge in [0.05, 0.1) is 25.0 Å². The topological polar surface area (TPSA) is 101 Å². The van der Waals surface area contributed by atoms with Crippen molar-refractivity contribution in [1.82, 2.24) is 24.7 Å². The molecule has 4 heterocycles. The fourth-order valence-corrected chi connectivity index (χ4v) is 2.98. The van der Waals surface area contributed by atoms with Crippen LogP contribution in [0.3, 0.4) is 0 Å². The maximum absolute atomic E-state index is 12.9. The number of aromatic nitrogens is 5. The summed E-state index contributed by atoms with van der Waals surface area (Å²) in [4.78, 5) is 26.0. The van der Waals surface area contributed by atoms with Crippen molar-refractivity contribution in [2.75, 3.05) is 29.1 Å². The van der Waals surface area contributed by atoms with E-state index < -0.39 is 5.95 Å². The van der Waals surface area contributed by atoms with Crippen LogP contribution in [0.25, 0.3) is 0 Å². The number of hydrogen-bond acceptors (Lipinski definition) is 7. The maximum Gasteiger partial charge on any atom is 0.244 e. The number of hydrogen-bond donors (Lipinski definition) is 2. The first-order valence-electron chi connectivity index (χ1n) is 8.73. The molecule has 1 aliphatic rings. The van der Waals surface area contributed by atoms with Gasteiger partial charge in [-0.3, -0.25) is 9.48 Å². The van der Waals surface area contributed by atoms with Gasteiger partial charge in [0, 0.05) is 31.5 Å². The molecule has 0 spiro atoms. The van der Waals surface area contributed by atoms with E-state index in [-0.39, 0.29) is 12.5 Å². The standard InChI is InChI=1S/C18H19FN8O/c1-11-16-17(26(2)10-15(28)24-16)25-18(23-11)21-6-13-7-22-27(9-13)8-12-3-4-14(19)20-5-12/h3-5,7,9H,6,8,10H2,1-2H3,(H,24,28)(H,21,23,25). The van der Waals surface area contributed by atoms with Gasteiger partial charge in [0.2, 0.25) is 17.8 Å². The molecule has 0 fully saturated rings. The highest BCUT2D eigenvalue weighted by molar-refractivity contribution is 6.00. The van der Waals surface area contributed by atoms with Crippen molar-refractivity contribution in [2.45, 2.75) is 20.0 Å². The molecule has 0 aromatic carbocycles. The van der Waals surface area contributed by atoms with Crippen molar-refractivity contribution in [3.63, 3.8) is 0 Å². The highest BCUT2D eigenvalue weighted by Crippen LogP contribution is 2.29. The van der Waals surface area contributed by atoms with Crippen molar-refractivity contribution in [1.29, 1.82) is 0 Å². The Labute approximate surface area is 160 Å². The summed E-state index contributed by atoms with van der Waals surface area (Å²) >= 11 is 0. The molecule has 28 heavy (non-hydrogen) atoms. The van der Waals surface area contributed by atoms with E-state index >= 15 is 0 Å². The molecule has 3 aromatic heterocycles. The lowest BCUT2D eigenvalue weighted by molar-refractivity contribution is -0.115. The molecular weight excluding hydrogens is 363 g/mol. The molecule has 9 nitrogen and oxygen atoms in total. The van der Waals surface area contributed by atoms with Crippen LogP contribution >= 0.6 is 0 Å². The second kappa shape index (κ2) is 7.22. The summed E-state index contributed by atoms with van der Waals surface area (Å²) in [7, 11) is 1.82. The largest absolute Gasteiger partial charge is 0.350 e. The van der Waals surface area contributed by atoms with E-state index in [1.54, 1.807) is 21.8 Å². The molecule has 1 aliphatic heterocycles. The first-order chi connectivity index (χ1) is 13.5. The van der Waals surface area contributed by atoms with Gasteiger partial charge >= 0.3 is 0 Å². The molecule has 0 aliphatic carbocycles. The molecule has 0 bridgehead atoms. The summed E-state index contributed by atoms with van der Waals surface area (Å²) in [6, 6.07) is 3.01. The van der Waals surface area contributed by atoms with Crippen LogP contribution in [0, 0.1) is 12.9 Å². The Balaban J connectivity index is 1.43. The van der Waals surface area contributed by atoms with Gasteiger partial charge in [-0.2, -0.15) is 14.5 Å². The summed E-state index contributed by atoms with van der Waals surface area (Å²) in [6.07, 6.45) is 5.14. The number of carbonyl (C=O) groups is 1. The molecule has 1 amide bonds. The molecule has 3 aromatic rings. The van der Waals surface area contributed by atoms with Crippen LogP contribution in [0.4, 0.5) is 21.8 Å². The molecule has 4 rings (SSSR count). The van der Waals surface area contributed by atoms with Gasteiger partial charge in [0.25, 0.3) is 0 Å². The van der Waals surface area contributed by atoms with Crippen LogP contribution < -0.4 is 15.5 Å². The zero-order valence-electron chi connectivity index (χ0n) is 15.5. The Kier molecular flexibility index (Phi) is 4.60. The van der Waals surface area contributed by atoms with Crippen LogP contribution in [-0.2, 0) is 17.9 Å². The highest BCUT2D eigenvalue weighted by Gasteiger charge is 2.23. The molecule has 0 saturated heterocycles. The quantitative estimate of drug-likeness (QED) is 0.646. The average molecular weight is 382 g/mol. The Morgan fingerprint density at radius 1 is 1.25 bits per heavy atom. The van der Waals surface area contributed by atoms with E-state index in [0.29, 0.717) is 36.2 Å². The normalized spacial score (nSPS) is 13.2. The number of halogens is 1. The molecule has 0 saturated carbocycles. The summed E-state index contributed by atoms with van der Waals surface area (Å²) in [6.45, 7) is 3.09. The molecule has 2 N–H and O–H groups in total. The third-order valence-electron chi connectivity index (χ3n) is 4.35. The van der Waals surface area contributed by atoms with Gasteiger partial charge < -0.3 is 15.5 Å². The highest BCUT2D eigenvalue weighted by atomic mass is 19.1. The van der Waals surface area contributed by atoms with Crippen molar-refractivity contribution in [3.8, 4) is 0 Å². The number of nitrogens with one attached hydrogen (secondary N) is 2. The maximum atomic E-state index is 12.9. The number of nitrogens with zero attached hydrogens (tertiary/aromatic N) is 6. The molecule has 10 heteroatoms. The van der Waals surface area contributed by atoms with E-state index in [1.807, 2.05) is 20.2 Å². The number of fused-ring (bicyclic) bond motifs is 1. The zero-order chi connectivity index (χ0) is 19.7. The molecular formula is C18H19FN8O. The Morgan fingerprint density at radius 2 is 2.11 bits per heavy atom. The van der Waals surface area contributed by atoms with E-state index in [0.717, 1.165) is 11.1 Å². The minimum absolute atomic E-state index is 0.0776. The van der Waals surface area contributed by atoms with Crippen molar-refractivity contribution < 1.29 is 9.18 Å². The predicted octanol–water partition coefficient (Wildman–Crippen LogP) is 1.56. The third-order valence-corrected chi connectivity index (χ3v) is 4.35. The van der Waals surface area contributed by atoms with Gasteiger partial charge in [-0.05, 0) is 18.6 Å². The van der Waals surface area contributed by atoms with Gasteiger partial charge in [0.15, 0.2) is 5.82 Å². The lowest BCUT2D eigenvalue weighted by atomic mass is 10.2. The van der Waals surface area contributed by atoms with Crippen LogP contribution in [0.15, 0.2) is 30.7 Å². The van der Waals surface area contributed by atoms with E-state index in [2.05, 4.69) is 30.7 Å². The number of likely N-dealkylation sites (N-methyl/N-ethyl adjacent to an activating group) is 1. The van der Waals surface area contributed by atoms with Gasteiger partial charge in [-0.1, -0.05) is 6.07 Å². The first-order valence-corrected chi connectivity index (χ1v) is 8.73.